The zero-order valence-electron chi connectivity index (χ0n) is 16.2. The van der Waals surface area contributed by atoms with Crippen molar-refractivity contribution >= 4 is 11.9 Å². The van der Waals surface area contributed by atoms with Crippen LogP contribution in [-0.4, -0.2) is 32.7 Å². The fourth-order valence-electron chi connectivity index (χ4n) is 2.66. The fraction of sp³-hybridized carbons (Fsp3) is 0.333. The molecule has 1 N–H and O–H groups in total. The summed E-state index contributed by atoms with van der Waals surface area (Å²) < 4.78 is 15.9. The average Bonchev–Trinajstić information content (AvgIpc) is 2.71. The monoisotopic (exact) mass is 386 g/mol. The molecule has 0 aliphatic rings. The summed E-state index contributed by atoms with van der Waals surface area (Å²) in [6.45, 7) is 2.60. The molecule has 2 aromatic rings. The van der Waals surface area contributed by atoms with Crippen LogP contribution in [0.4, 0.5) is 0 Å². The molecule has 150 valence electrons. The third-order valence-electron chi connectivity index (χ3n) is 4.08. The number of carboxylic acids is 1. The standard InChI is InChI=1S/C21H25NO6/c1-4-11-28-15-7-5-14(6-8-15)18(13-20(23)24)22-21(25)17-10-9-16(26-2)12-19(17)27-3/h5-10,12,18H,4,11,13H2,1-3H3,(H,22,25)(H,23,24)/p-1/t18-/m1/s1. The van der Waals surface area contributed by atoms with Crippen molar-refractivity contribution < 1.29 is 28.9 Å². The van der Waals surface area contributed by atoms with Gasteiger partial charge in [0.2, 0.25) is 0 Å². The van der Waals surface area contributed by atoms with Crippen LogP contribution in [0.15, 0.2) is 42.5 Å². The molecule has 0 bridgehead atoms. The summed E-state index contributed by atoms with van der Waals surface area (Å²) in [5, 5.41) is 13.9. The number of carboxylic acid groups (broad SMARTS) is 1. The Morgan fingerprint density at radius 1 is 1.04 bits per heavy atom. The normalized spacial score (nSPS) is 11.4. The molecule has 1 amide bonds. The molecule has 7 nitrogen and oxygen atoms in total. The van der Waals surface area contributed by atoms with Crippen molar-refractivity contribution in [2.75, 3.05) is 20.8 Å². The molecule has 28 heavy (non-hydrogen) atoms. The van der Waals surface area contributed by atoms with Crippen LogP contribution in [0.3, 0.4) is 0 Å². The first-order valence-electron chi connectivity index (χ1n) is 8.94. The van der Waals surface area contributed by atoms with Gasteiger partial charge in [-0.25, -0.2) is 0 Å². The van der Waals surface area contributed by atoms with Crippen LogP contribution >= 0.6 is 0 Å². The molecule has 0 heterocycles. The minimum Gasteiger partial charge on any atom is -0.550 e. The molecular weight excluding hydrogens is 362 g/mol. The van der Waals surface area contributed by atoms with E-state index in [2.05, 4.69) is 5.32 Å². The van der Waals surface area contributed by atoms with Gasteiger partial charge in [-0.3, -0.25) is 4.79 Å². The van der Waals surface area contributed by atoms with Gasteiger partial charge in [0, 0.05) is 18.5 Å². The minimum absolute atomic E-state index is 0.273. The van der Waals surface area contributed by atoms with Crippen LogP contribution < -0.4 is 24.6 Å². The number of carbonyl (C=O) groups excluding carboxylic acids is 2. The van der Waals surface area contributed by atoms with Crippen molar-refractivity contribution in [2.24, 2.45) is 0 Å². The van der Waals surface area contributed by atoms with Gasteiger partial charge in [0.25, 0.3) is 5.91 Å². The highest BCUT2D eigenvalue weighted by Crippen LogP contribution is 2.26. The first-order chi connectivity index (χ1) is 13.5. The van der Waals surface area contributed by atoms with Crippen molar-refractivity contribution in [1.82, 2.24) is 5.32 Å². The molecule has 0 aromatic heterocycles. The number of methoxy groups -OCH3 is 2. The molecule has 0 unspecified atom stereocenters. The summed E-state index contributed by atoms with van der Waals surface area (Å²) in [7, 11) is 2.96. The zero-order chi connectivity index (χ0) is 20.5. The van der Waals surface area contributed by atoms with Gasteiger partial charge in [0.05, 0.1) is 32.4 Å². The molecule has 0 spiro atoms. The Kier molecular flexibility index (Phi) is 7.68. The largest absolute Gasteiger partial charge is 0.550 e. The lowest BCUT2D eigenvalue weighted by Crippen LogP contribution is -2.34. The molecule has 0 radical (unpaired) electrons. The first kappa shape index (κ1) is 21.1. The summed E-state index contributed by atoms with van der Waals surface area (Å²) in [4.78, 5) is 23.9. The Bertz CT molecular complexity index is 803. The number of hydrogen-bond acceptors (Lipinski definition) is 6. The van der Waals surface area contributed by atoms with Crippen LogP contribution in [0.25, 0.3) is 0 Å². The Balaban J connectivity index is 2.22. The van der Waals surface area contributed by atoms with Crippen molar-refractivity contribution in [1.29, 1.82) is 0 Å². The Morgan fingerprint density at radius 2 is 1.71 bits per heavy atom. The summed E-state index contributed by atoms with van der Waals surface area (Å²) in [6, 6.07) is 11.0. The Labute approximate surface area is 164 Å². The van der Waals surface area contributed by atoms with Gasteiger partial charge in [-0.1, -0.05) is 19.1 Å². The third kappa shape index (κ3) is 5.64. The SMILES string of the molecule is CCCOc1ccc([C@@H](CC(=O)[O-])NC(=O)c2ccc(OC)cc2OC)cc1. The number of carbonyl (C=O) groups is 2. The number of hydrogen-bond donors (Lipinski definition) is 1. The molecule has 7 heteroatoms. The summed E-state index contributed by atoms with van der Waals surface area (Å²) >= 11 is 0. The van der Waals surface area contributed by atoms with Gasteiger partial charge < -0.3 is 29.4 Å². The maximum atomic E-state index is 12.7. The van der Waals surface area contributed by atoms with Crippen LogP contribution in [0, 0.1) is 0 Å². The second-order valence-corrected chi connectivity index (χ2v) is 6.09. The molecule has 0 saturated heterocycles. The highest BCUT2D eigenvalue weighted by atomic mass is 16.5. The maximum Gasteiger partial charge on any atom is 0.255 e. The highest BCUT2D eigenvalue weighted by molar-refractivity contribution is 5.97. The van der Waals surface area contributed by atoms with E-state index < -0.39 is 17.9 Å². The fourth-order valence-corrected chi connectivity index (χ4v) is 2.66. The van der Waals surface area contributed by atoms with E-state index in [1.807, 2.05) is 6.92 Å². The van der Waals surface area contributed by atoms with E-state index in [1.54, 1.807) is 42.5 Å². The van der Waals surface area contributed by atoms with Gasteiger partial charge in [-0.2, -0.15) is 0 Å². The summed E-state index contributed by atoms with van der Waals surface area (Å²) in [5.74, 6) is -0.175. The second kappa shape index (κ2) is 10.2. The third-order valence-corrected chi connectivity index (χ3v) is 4.08. The molecule has 2 rings (SSSR count). The van der Waals surface area contributed by atoms with Crippen molar-refractivity contribution in [3.05, 3.63) is 53.6 Å². The van der Waals surface area contributed by atoms with E-state index in [1.165, 1.54) is 14.2 Å². The van der Waals surface area contributed by atoms with Crippen LogP contribution in [0.5, 0.6) is 17.2 Å². The lowest BCUT2D eigenvalue weighted by molar-refractivity contribution is -0.306. The van der Waals surface area contributed by atoms with Crippen LogP contribution in [0.1, 0.15) is 41.7 Å². The zero-order valence-corrected chi connectivity index (χ0v) is 16.2. The number of nitrogens with one attached hydrogen (secondary N) is 1. The number of aliphatic carboxylic acids is 1. The minimum atomic E-state index is -1.27. The maximum absolute atomic E-state index is 12.7. The number of rotatable bonds is 10. The van der Waals surface area contributed by atoms with E-state index >= 15 is 0 Å². The summed E-state index contributed by atoms with van der Waals surface area (Å²) in [6.07, 6.45) is 0.522. The number of amides is 1. The molecular formula is C21H24NO6-. The van der Waals surface area contributed by atoms with Gasteiger partial charge in [0.15, 0.2) is 0 Å². The quantitative estimate of drug-likeness (QED) is 0.672. The Morgan fingerprint density at radius 3 is 2.29 bits per heavy atom. The Hall–Kier alpha value is -3.22. The molecule has 2 aromatic carbocycles. The summed E-state index contributed by atoms with van der Waals surface area (Å²) in [5.41, 5.74) is 0.906. The van der Waals surface area contributed by atoms with Crippen molar-refractivity contribution in [2.45, 2.75) is 25.8 Å². The van der Waals surface area contributed by atoms with E-state index in [4.69, 9.17) is 14.2 Å². The van der Waals surface area contributed by atoms with Crippen LogP contribution in [-0.2, 0) is 4.79 Å². The van der Waals surface area contributed by atoms with E-state index in [0.717, 1.165) is 6.42 Å². The molecule has 0 saturated carbocycles. The topological polar surface area (TPSA) is 96.9 Å². The average molecular weight is 386 g/mol. The van der Waals surface area contributed by atoms with Gasteiger partial charge in [-0.15, -0.1) is 0 Å². The van der Waals surface area contributed by atoms with Crippen LogP contribution in [0.2, 0.25) is 0 Å². The van der Waals surface area contributed by atoms with Crippen molar-refractivity contribution in [3.8, 4) is 17.2 Å². The molecule has 0 fully saturated rings. The first-order valence-corrected chi connectivity index (χ1v) is 8.94. The molecule has 0 aliphatic carbocycles. The predicted octanol–water partition coefficient (Wildman–Crippen LogP) is 2.10. The number of benzene rings is 2. The van der Waals surface area contributed by atoms with E-state index in [0.29, 0.717) is 29.4 Å². The van der Waals surface area contributed by atoms with Gasteiger partial charge in [0.1, 0.15) is 17.2 Å². The van der Waals surface area contributed by atoms with E-state index in [9.17, 15) is 14.7 Å². The lowest BCUT2D eigenvalue weighted by Gasteiger charge is -2.21. The number of ether oxygens (including phenoxy) is 3. The smallest absolute Gasteiger partial charge is 0.255 e. The predicted molar refractivity (Wildman–Crippen MR) is 102 cm³/mol. The van der Waals surface area contributed by atoms with Gasteiger partial charge >= 0.3 is 0 Å². The molecule has 0 aliphatic heterocycles. The van der Waals surface area contributed by atoms with Crippen molar-refractivity contribution in [3.63, 3.8) is 0 Å². The highest BCUT2D eigenvalue weighted by Gasteiger charge is 2.19. The van der Waals surface area contributed by atoms with E-state index in [-0.39, 0.29) is 12.0 Å². The molecule has 1 atom stereocenters. The van der Waals surface area contributed by atoms with Gasteiger partial charge in [-0.05, 0) is 36.2 Å². The lowest BCUT2D eigenvalue weighted by atomic mass is 10.0. The second-order valence-electron chi connectivity index (χ2n) is 6.09.